The maximum absolute atomic E-state index is 10.9. The Balaban J connectivity index is 2.14. The van der Waals surface area contributed by atoms with Gasteiger partial charge in [0.05, 0.1) is 6.61 Å². The molecule has 6 nitrogen and oxygen atoms in total. The first-order valence-electron chi connectivity index (χ1n) is 6.09. The number of carboxylic acid groups (broad SMARTS) is 1. The third-order valence-corrected chi connectivity index (χ3v) is 3.39. The summed E-state index contributed by atoms with van der Waals surface area (Å²) in [4.78, 5) is 12.9. The van der Waals surface area contributed by atoms with E-state index in [9.17, 15) is 15.0 Å². The number of aliphatic carboxylic acids is 1. The number of hydrogen-bond donors (Lipinski definition) is 3. The number of hydrogen-bond acceptors (Lipinski definition) is 5. The van der Waals surface area contributed by atoms with Crippen LogP contribution < -0.4 is 0 Å². The standard InChI is InChI=1S/C13H17NO5/c1-8(10-3-2-9(15)6-11(10)16)14-4-5-19-12(7-14)13(17)18/h2-3,6,8,12,15-16H,4-5,7H2,1H3,(H,17,18). The first kappa shape index (κ1) is 13.6. The molecule has 2 atom stereocenters. The number of ether oxygens (including phenoxy) is 1. The molecule has 0 aliphatic carbocycles. The molecule has 0 saturated carbocycles. The summed E-state index contributed by atoms with van der Waals surface area (Å²) in [6.45, 7) is 3.11. The van der Waals surface area contributed by atoms with Crippen molar-refractivity contribution in [2.75, 3.05) is 19.7 Å². The summed E-state index contributed by atoms with van der Waals surface area (Å²) in [5.41, 5.74) is 0.656. The molecule has 1 aromatic carbocycles. The van der Waals surface area contributed by atoms with Gasteiger partial charge in [0.15, 0.2) is 6.10 Å². The van der Waals surface area contributed by atoms with Crippen LogP contribution in [0, 0.1) is 0 Å². The molecule has 0 aromatic heterocycles. The number of carboxylic acids is 1. The van der Waals surface area contributed by atoms with Crippen molar-refractivity contribution in [1.29, 1.82) is 0 Å². The summed E-state index contributed by atoms with van der Waals surface area (Å²) in [5, 5.41) is 28.1. The van der Waals surface area contributed by atoms with Crippen molar-refractivity contribution >= 4 is 5.97 Å². The Morgan fingerprint density at radius 3 is 2.84 bits per heavy atom. The number of rotatable bonds is 3. The lowest BCUT2D eigenvalue weighted by Gasteiger charge is -2.35. The van der Waals surface area contributed by atoms with Crippen LogP contribution in [0.15, 0.2) is 18.2 Å². The molecule has 0 bridgehead atoms. The molecular weight excluding hydrogens is 250 g/mol. The van der Waals surface area contributed by atoms with Crippen LogP contribution in [0.25, 0.3) is 0 Å². The van der Waals surface area contributed by atoms with Gasteiger partial charge in [0.2, 0.25) is 0 Å². The van der Waals surface area contributed by atoms with E-state index < -0.39 is 12.1 Å². The summed E-state index contributed by atoms with van der Waals surface area (Å²) in [5.74, 6) is -0.975. The number of phenolic OH excluding ortho intramolecular Hbond substituents is 2. The van der Waals surface area contributed by atoms with Gasteiger partial charge in [-0.2, -0.15) is 0 Å². The predicted molar refractivity (Wildman–Crippen MR) is 67.1 cm³/mol. The number of morpholine rings is 1. The molecule has 104 valence electrons. The Morgan fingerprint density at radius 1 is 1.47 bits per heavy atom. The molecule has 0 amide bonds. The molecular formula is C13H17NO5. The molecule has 0 radical (unpaired) electrons. The van der Waals surface area contributed by atoms with E-state index in [0.29, 0.717) is 18.7 Å². The second kappa shape index (κ2) is 5.46. The highest BCUT2D eigenvalue weighted by Gasteiger charge is 2.30. The van der Waals surface area contributed by atoms with Gasteiger partial charge in [0.25, 0.3) is 0 Å². The zero-order valence-electron chi connectivity index (χ0n) is 10.6. The van der Waals surface area contributed by atoms with Crippen LogP contribution in [-0.2, 0) is 9.53 Å². The fourth-order valence-corrected chi connectivity index (χ4v) is 2.25. The Morgan fingerprint density at radius 2 is 2.21 bits per heavy atom. The number of benzene rings is 1. The average Bonchev–Trinajstić information content (AvgIpc) is 2.38. The highest BCUT2D eigenvalue weighted by atomic mass is 16.5. The predicted octanol–water partition coefficient (Wildman–Crippen LogP) is 0.944. The lowest BCUT2D eigenvalue weighted by Crippen LogP contribution is -2.46. The van der Waals surface area contributed by atoms with E-state index in [-0.39, 0.29) is 24.1 Å². The van der Waals surface area contributed by atoms with Gasteiger partial charge in [-0.15, -0.1) is 0 Å². The monoisotopic (exact) mass is 267 g/mol. The van der Waals surface area contributed by atoms with Gasteiger partial charge in [-0.1, -0.05) is 6.07 Å². The molecule has 1 fully saturated rings. The van der Waals surface area contributed by atoms with Crippen LogP contribution in [0.1, 0.15) is 18.5 Å². The van der Waals surface area contributed by atoms with Gasteiger partial charge in [0, 0.05) is 30.8 Å². The van der Waals surface area contributed by atoms with Crippen molar-refractivity contribution < 1.29 is 24.9 Å². The van der Waals surface area contributed by atoms with Crippen LogP contribution in [0.3, 0.4) is 0 Å². The molecule has 1 saturated heterocycles. The Hall–Kier alpha value is -1.79. The summed E-state index contributed by atoms with van der Waals surface area (Å²) in [6, 6.07) is 4.27. The van der Waals surface area contributed by atoms with Crippen molar-refractivity contribution in [3.05, 3.63) is 23.8 Å². The second-order valence-electron chi connectivity index (χ2n) is 4.61. The van der Waals surface area contributed by atoms with Crippen molar-refractivity contribution in [2.45, 2.75) is 19.1 Å². The molecule has 2 unspecified atom stereocenters. The van der Waals surface area contributed by atoms with Crippen molar-refractivity contribution in [1.82, 2.24) is 4.90 Å². The summed E-state index contributed by atoms with van der Waals surface area (Å²) >= 11 is 0. The third kappa shape index (κ3) is 2.97. The highest BCUT2D eigenvalue weighted by molar-refractivity contribution is 5.72. The van der Waals surface area contributed by atoms with Gasteiger partial charge in [-0.25, -0.2) is 4.79 Å². The molecule has 1 heterocycles. The van der Waals surface area contributed by atoms with Crippen molar-refractivity contribution in [3.63, 3.8) is 0 Å². The number of aromatic hydroxyl groups is 2. The minimum absolute atomic E-state index is 0.00107. The zero-order chi connectivity index (χ0) is 14.0. The largest absolute Gasteiger partial charge is 0.508 e. The van der Waals surface area contributed by atoms with Crippen LogP contribution >= 0.6 is 0 Å². The molecule has 1 aliphatic heterocycles. The molecule has 0 spiro atoms. The van der Waals surface area contributed by atoms with E-state index >= 15 is 0 Å². The van der Waals surface area contributed by atoms with Crippen molar-refractivity contribution in [2.24, 2.45) is 0 Å². The lowest BCUT2D eigenvalue weighted by molar-refractivity contribution is -0.157. The number of carbonyl (C=O) groups is 1. The maximum Gasteiger partial charge on any atom is 0.334 e. The Kier molecular flexibility index (Phi) is 3.92. The van der Waals surface area contributed by atoms with E-state index in [1.165, 1.54) is 12.1 Å². The first-order valence-corrected chi connectivity index (χ1v) is 6.09. The fraction of sp³-hybridized carbons (Fsp3) is 0.462. The van der Waals surface area contributed by atoms with Gasteiger partial charge in [-0.3, -0.25) is 4.90 Å². The number of nitrogens with zero attached hydrogens (tertiary/aromatic N) is 1. The maximum atomic E-state index is 10.9. The van der Waals surface area contributed by atoms with Gasteiger partial charge in [0.1, 0.15) is 11.5 Å². The Bertz CT molecular complexity index is 476. The van der Waals surface area contributed by atoms with Crippen molar-refractivity contribution in [3.8, 4) is 11.5 Å². The quantitative estimate of drug-likeness (QED) is 0.755. The minimum atomic E-state index is -0.980. The van der Waals surface area contributed by atoms with E-state index in [0.717, 1.165) is 0 Å². The molecule has 2 rings (SSSR count). The normalized spacial score (nSPS) is 22.1. The molecule has 19 heavy (non-hydrogen) atoms. The topological polar surface area (TPSA) is 90.2 Å². The average molecular weight is 267 g/mol. The molecule has 3 N–H and O–H groups in total. The van der Waals surface area contributed by atoms with Gasteiger partial charge < -0.3 is 20.1 Å². The summed E-state index contributed by atoms with van der Waals surface area (Å²) < 4.78 is 5.16. The third-order valence-electron chi connectivity index (χ3n) is 3.39. The van der Waals surface area contributed by atoms with Crippen LogP contribution in [0.2, 0.25) is 0 Å². The number of phenols is 2. The van der Waals surface area contributed by atoms with Crippen LogP contribution in [0.4, 0.5) is 0 Å². The summed E-state index contributed by atoms with van der Waals surface area (Å²) in [6.07, 6.45) is -0.838. The van der Waals surface area contributed by atoms with E-state index in [2.05, 4.69) is 0 Å². The zero-order valence-corrected chi connectivity index (χ0v) is 10.6. The van der Waals surface area contributed by atoms with Gasteiger partial charge >= 0.3 is 5.97 Å². The molecule has 1 aromatic rings. The highest BCUT2D eigenvalue weighted by Crippen LogP contribution is 2.31. The summed E-state index contributed by atoms with van der Waals surface area (Å²) in [7, 11) is 0. The van der Waals surface area contributed by atoms with Crippen LogP contribution in [0.5, 0.6) is 11.5 Å². The SMILES string of the molecule is CC(c1ccc(O)cc1O)N1CCOC(C(=O)O)C1. The van der Waals surface area contributed by atoms with Gasteiger partial charge in [-0.05, 0) is 13.0 Å². The van der Waals surface area contributed by atoms with E-state index in [1.807, 2.05) is 11.8 Å². The second-order valence-corrected chi connectivity index (χ2v) is 4.61. The van der Waals surface area contributed by atoms with E-state index in [1.54, 1.807) is 6.07 Å². The first-order chi connectivity index (χ1) is 8.99. The Labute approximate surface area is 110 Å². The minimum Gasteiger partial charge on any atom is -0.508 e. The smallest absolute Gasteiger partial charge is 0.334 e. The fourth-order valence-electron chi connectivity index (χ4n) is 2.25. The van der Waals surface area contributed by atoms with E-state index in [4.69, 9.17) is 9.84 Å². The molecule has 1 aliphatic rings. The van der Waals surface area contributed by atoms with Crippen LogP contribution in [-0.4, -0.2) is 52.0 Å². The molecule has 6 heteroatoms. The lowest BCUT2D eigenvalue weighted by atomic mass is 10.0.